The van der Waals surface area contributed by atoms with E-state index in [1.54, 1.807) is 17.1 Å². The molecule has 0 aliphatic carbocycles. The van der Waals surface area contributed by atoms with E-state index >= 15 is 0 Å². The quantitative estimate of drug-likeness (QED) is 0.596. The van der Waals surface area contributed by atoms with Gasteiger partial charge in [-0.2, -0.15) is 0 Å². The summed E-state index contributed by atoms with van der Waals surface area (Å²) in [5, 5.41) is 0. The van der Waals surface area contributed by atoms with Crippen molar-refractivity contribution < 1.29 is 4.79 Å². The molecule has 0 aromatic rings. The summed E-state index contributed by atoms with van der Waals surface area (Å²) in [6.45, 7) is 0.822. The largest absolute Gasteiger partial charge is 0.332 e. The van der Waals surface area contributed by atoms with Crippen molar-refractivity contribution in [3.8, 4) is 0 Å². The molecule has 0 aliphatic rings. The van der Waals surface area contributed by atoms with Crippen molar-refractivity contribution in [2.75, 3.05) is 13.1 Å². The minimum Gasteiger partial charge on any atom is -0.332 e. The zero-order valence-electron chi connectivity index (χ0n) is 7.47. The molecule has 0 saturated heterocycles. The molecule has 0 atom stereocenters. The monoisotopic (exact) mass is 441 g/mol. The first-order valence-corrected chi connectivity index (χ1v) is 7.05. The van der Waals surface area contributed by atoms with Crippen LogP contribution in [0, 0.1) is 0 Å². The Kier molecular flexibility index (Phi) is 8.64. The van der Waals surface area contributed by atoms with E-state index in [0.29, 0.717) is 13.1 Å². The Hall–Kier alpha value is 0.970. The van der Waals surface area contributed by atoms with Gasteiger partial charge in [-0.15, -0.1) is 0 Å². The topological polar surface area (TPSA) is 20.3 Å². The van der Waals surface area contributed by atoms with Gasteiger partial charge in [-0.1, -0.05) is 35.4 Å². The fourth-order valence-electron chi connectivity index (χ4n) is 0.754. The number of carbonyl (C=O) groups is 1. The Morgan fingerprint density at radius 1 is 1.13 bits per heavy atom. The van der Waals surface area contributed by atoms with E-state index in [-0.39, 0.29) is 5.91 Å². The second kappa shape index (κ2) is 8.12. The maximum Gasteiger partial charge on any atom is 0.261 e. The minimum atomic E-state index is -0.951. The standard InChI is InChI=1S/C8H8Br3Cl2NO/c9-8(10,11)7(15)14(5-1-3-12)6-2-4-13/h1-4H,5-6H2. The van der Waals surface area contributed by atoms with Gasteiger partial charge in [-0.25, -0.2) is 0 Å². The van der Waals surface area contributed by atoms with Gasteiger partial charge in [0.15, 0.2) is 0 Å². The zero-order valence-corrected chi connectivity index (χ0v) is 13.7. The van der Waals surface area contributed by atoms with Crippen LogP contribution in [-0.4, -0.2) is 26.0 Å². The predicted molar refractivity (Wildman–Crippen MR) is 76.1 cm³/mol. The third-order valence-electron chi connectivity index (χ3n) is 1.36. The highest BCUT2D eigenvalue weighted by molar-refractivity contribution is 9.40. The molecule has 86 valence electrons. The van der Waals surface area contributed by atoms with Crippen LogP contribution in [0.1, 0.15) is 0 Å². The second-order valence-electron chi connectivity index (χ2n) is 2.43. The first-order chi connectivity index (χ1) is 6.93. The highest BCUT2D eigenvalue weighted by Crippen LogP contribution is 2.35. The van der Waals surface area contributed by atoms with E-state index in [0.717, 1.165) is 0 Å². The average Bonchev–Trinajstić information content (AvgIpc) is 2.16. The number of halogens is 5. The van der Waals surface area contributed by atoms with Crippen molar-refractivity contribution in [1.29, 1.82) is 0 Å². The van der Waals surface area contributed by atoms with Crippen molar-refractivity contribution in [3.63, 3.8) is 0 Å². The number of alkyl halides is 3. The van der Waals surface area contributed by atoms with Crippen LogP contribution in [0.5, 0.6) is 0 Å². The molecule has 1 amide bonds. The molecule has 0 unspecified atom stereocenters. The summed E-state index contributed by atoms with van der Waals surface area (Å²) in [5.74, 6) is -0.174. The van der Waals surface area contributed by atoms with Crippen LogP contribution in [-0.2, 0) is 4.79 Å². The smallest absolute Gasteiger partial charge is 0.261 e. The molecular weight excluding hydrogens is 437 g/mol. The van der Waals surface area contributed by atoms with Crippen molar-refractivity contribution in [1.82, 2.24) is 4.90 Å². The Balaban J connectivity index is 4.54. The first-order valence-electron chi connectivity index (χ1n) is 3.80. The lowest BCUT2D eigenvalue weighted by molar-refractivity contribution is -0.128. The Bertz CT molecular complexity index is 249. The fraction of sp³-hybridized carbons (Fsp3) is 0.375. The van der Waals surface area contributed by atoms with Crippen molar-refractivity contribution in [2.24, 2.45) is 0 Å². The van der Waals surface area contributed by atoms with Crippen LogP contribution >= 0.6 is 71.0 Å². The number of rotatable bonds is 4. The second-order valence-corrected chi connectivity index (χ2v) is 9.70. The molecule has 0 radical (unpaired) electrons. The molecule has 0 fully saturated rings. The molecule has 0 aromatic heterocycles. The van der Waals surface area contributed by atoms with Crippen LogP contribution in [0.25, 0.3) is 0 Å². The number of hydrogen-bond acceptors (Lipinski definition) is 1. The first kappa shape index (κ1) is 16.0. The lowest BCUT2D eigenvalue weighted by Crippen LogP contribution is -2.38. The van der Waals surface area contributed by atoms with Crippen LogP contribution in [0.4, 0.5) is 0 Å². The summed E-state index contributed by atoms with van der Waals surface area (Å²) in [5.41, 5.74) is 2.73. The Morgan fingerprint density at radius 3 is 1.80 bits per heavy atom. The molecule has 0 aromatic carbocycles. The number of hydrogen-bond donors (Lipinski definition) is 0. The average molecular weight is 445 g/mol. The molecule has 0 N–H and O–H groups in total. The lowest BCUT2D eigenvalue weighted by atomic mass is 10.4. The lowest BCUT2D eigenvalue weighted by Gasteiger charge is -2.23. The summed E-state index contributed by atoms with van der Waals surface area (Å²) < 4.78 is -0.951. The van der Waals surface area contributed by atoms with Gasteiger partial charge in [-0.05, 0) is 47.8 Å². The van der Waals surface area contributed by atoms with Crippen LogP contribution in [0.2, 0.25) is 0 Å². The van der Waals surface area contributed by atoms with Crippen LogP contribution in [0.15, 0.2) is 23.2 Å². The highest BCUT2D eigenvalue weighted by atomic mass is 80.0. The SMILES string of the molecule is O=C(N(CC=CCl)CC=CCl)C(Br)(Br)Br. The molecule has 7 heteroatoms. The van der Waals surface area contributed by atoms with Crippen LogP contribution < -0.4 is 0 Å². The van der Waals surface area contributed by atoms with Gasteiger partial charge < -0.3 is 4.90 Å². The van der Waals surface area contributed by atoms with Crippen molar-refractivity contribution in [3.05, 3.63) is 23.2 Å². The van der Waals surface area contributed by atoms with Gasteiger partial charge in [0.2, 0.25) is 2.14 Å². The van der Waals surface area contributed by atoms with Gasteiger partial charge in [0.05, 0.1) is 0 Å². The molecule has 0 rings (SSSR count). The third-order valence-corrected chi connectivity index (χ3v) is 2.73. The van der Waals surface area contributed by atoms with E-state index in [9.17, 15) is 4.79 Å². The Labute approximate surface area is 124 Å². The van der Waals surface area contributed by atoms with Gasteiger partial charge in [-0.3, -0.25) is 4.79 Å². The van der Waals surface area contributed by atoms with E-state index < -0.39 is 2.14 Å². The summed E-state index contributed by atoms with van der Waals surface area (Å²) in [7, 11) is 0. The maximum absolute atomic E-state index is 11.8. The summed E-state index contributed by atoms with van der Waals surface area (Å²) in [6.07, 6.45) is 3.33. The molecule has 0 heterocycles. The summed E-state index contributed by atoms with van der Waals surface area (Å²) in [6, 6.07) is 0. The molecule has 0 saturated carbocycles. The predicted octanol–water partition coefficient (Wildman–Crippen LogP) is 4.16. The maximum atomic E-state index is 11.8. The summed E-state index contributed by atoms with van der Waals surface area (Å²) in [4.78, 5) is 13.4. The Morgan fingerprint density at radius 2 is 1.53 bits per heavy atom. The van der Waals surface area contributed by atoms with Gasteiger partial charge >= 0.3 is 0 Å². The van der Waals surface area contributed by atoms with Crippen molar-refractivity contribution in [2.45, 2.75) is 2.14 Å². The molecule has 2 nitrogen and oxygen atoms in total. The number of nitrogens with zero attached hydrogens (tertiary/aromatic N) is 1. The van der Waals surface area contributed by atoms with E-state index in [4.69, 9.17) is 23.2 Å². The van der Waals surface area contributed by atoms with E-state index in [1.165, 1.54) is 11.1 Å². The minimum absolute atomic E-state index is 0.174. The van der Waals surface area contributed by atoms with Crippen molar-refractivity contribution >= 4 is 76.9 Å². The fourth-order valence-corrected chi connectivity index (χ4v) is 1.67. The van der Waals surface area contributed by atoms with Crippen LogP contribution in [0.3, 0.4) is 0 Å². The van der Waals surface area contributed by atoms with Gasteiger partial charge in [0.25, 0.3) is 5.91 Å². The third kappa shape index (κ3) is 7.00. The molecule has 0 bridgehead atoms. The molecule has 0 aliphatic heterocycles. The van der Waals surface area contributed by atoms with Gasteiger partial charge in [0, 0.05) is 24.2 Å². The van der Waals surface area contributed by atoms with E-state index in [1.807, 2.05) is 0 Å². The molecular formula is C8H8Br3Cl2NO. The van der Waals surface area contributed by atoms with Gasteiger partial charge in [0.1, 0.15) is 0 Å². The number of carbonyl (C=O) groups excluding carboxylic acids is 1. The normalized spacial score (nSPS) is 12.6. The highest BCUT2D eigenvalue weighted by Gasteiger charge is 2.32. The zero-order chi connectivity index (χ0) is 11.9. The molecule has 15 heavy (non-hydrogen) atoms. The van der Waals surface area contributed by atoms with E-state index in [2.05, 4.69) is 47.8 Å². The number of amides is 1. The summed E-state index contributed by atoms with van der Waals surface area (Å²) >= 11 is 20.3. The molecule has 0 spiro atoms.